The monoisotopic (exact) mass is 357 g/mol. The summed E-state index contributed by atoms with van der Waals surface area (Å²) in [6, 6.07) is 19.4. The number of imidazole rings is 1. The summed E-state index contributed by atoms with van der Waals surface area (Å²) >= 11 is 0. The van der Waals surface area contributed by atoms with Gasteiger partial charge in [0.25, 0.3) is 5.56 Å². The van der Waals surface area contributed by atoms with E-state index < -0.39 is 0 Å². The lowest BCUT2D eigenvalue weighted by Crippen LogP contribution is -2.19. The Hall–Kier alpha value is -3.52. The van der Waals surface area contributed by atoms with Crippen molar-refractivity contribution in [2.24, 2.45) is 0 Å². The van der Waals surface area contributed by atoms with Gasteiger partial charge in [0.05, 0.1) is 23.2 Å². The van der Waals surface area contributed by atoms with Gasteiger partial charge in [-0.3, -0.25) is 9.20 Å². The van der Waals surface area contributed by atoms with E-state index in [4.69, 9.17) is 4.74 Å². The number of fused-ring (bicyclic) bond motifs is 3. The first-order valence-electron chi connectivity index (χ1n) is 9.01. The van der Waals surface area contributed by atoms with Crippen molar-refractivity contribution in [3.63, 3.8) is 0 Å². The molecule has 2 aromatic heterocycles. The van der Waals surface area contributed by atoms with Crippen molar-refractivity contribution in [1.29, 1.82) is 5.26 Å². The number of hydrogen-bond acceptors (Lipinski definition) is 3. The van der Waals surface area contributed by atoms with E-state index in [0.717, 1.165) is 16.6 Å². The average molecular weight is 357 g/mol. The van der Waals surface area contributed by atoms with E-state index in [0.29, 0.717) is 35.7 Å². The number of para-hydroxylation sites is 2. The van der Waals surface area contributed by atoms with E-state index in [1.54, 1.807) is 4.40 Å². The summed E-state index contributed by atoms with van der Waals surface area (Å²) in [7, 11) is 0. The Balaban J connectivity index is 2.31. The van der Waals surface area contributed by atoms with Gasteiger partial charge in [0.2, 0.25) is 0 Å². The predicted molar refractivity (Wildman–Crippen MR) is 106 cm³/mol. The molecule has 5 heteroatoms. The second kappa shape index (κ2) is 6.65. The van der Waals surface area contributed by atoms with Gasteiger partial charge < -0.3 is 9.30 Å². The Morgan fingerprint density at radius 3 is 2.30 bits per heavy atom. The Bertz CT molecular complexity index is 1240. The fourth-order valence-corrected chi connectivity index (χ4v) is 3.69. The summed E-state index contributed by atoms with van der Waals surface area (Å²) in [4.78, 5) is 13.6. The molecule has 0 fully saturated rings. The van der Waals surface area contributed by atoms with Crippen molar-refractivity contribution in [3.05, 3.63) is 70.5 Å². The number of pyridine rings is 1. The van der Waals surface area contributed by atoms with Crippen LogP contribution in [0.1, 0.15) is 19.4 Å². The zero-order valence-corrected chi connectivity index (χ0v) is 15.3. The Morgan fingerprint density at radius 1 is 1.00 bits per heavy atom. The molecule has 5 nitrogen and oxygen atoms in total. The van der Waals surface area contributed by atoms with Crippen molar-refractivity contribution in [1.82, 2.24) is 8.97 Å². The standard InChI is InChI=1S/C22H19N3O2/c1-3-24-17-12-8-9-13-18(17)25-21(24)16(14-23)20(27-4-2)19(22(25)26)15-10-6-5-7-11-15/h5-13H,3-4H2,1-2H3. The molecule has 0 bridgehead atoms. The van der Waals surface area contributed by atoms with Gasteiger partial charge in [-0.25, -0.2) is 0 Å². The van der Waals surface area contributed by atoms with Gasteiger partial charge in [-0.05, 0) is 31.5 Å². The molecule has 0 radical (unpaired) electrons. The second-order valence-electron chi connectivity index (χ2n) is 6.19. The molecule has 0 N–H and O–H groups in total. The molecule has 2 heterocycles. The SMILES string of the molecule is CCOc1c(-c2ccccc2)c(=O)n2c3ccccc3n(CC)c2c1C#N. The van der Waals surface area contributed by atoms with Crippen molar-refractivity contribution < 1.29 is 4.74 Å². The van der Waals surface area contributed by atoms with Crippen molar-refractivity contribution in [3.8, 4) is 22.9 Å². The van der Waals surface area contributed by atoms with Gasteiger partial charge in [0.15, 0.2) is 5.75 Å². The molecular formula is C22H19N3O2. The molecule has 0 spiro atoms. The molecule has 4 rings (SSSR count). The van der Waals surface area contributed by atoms with Gasteiger partial charge in [-0.15, -0.1) is 0 Å². The van der Waals surface area contributed by atoms with Crippen LogP contribution in [0.2, 0.25) is 0 Å². The maximum absolute atomic E-state index is 13.6. The van der Waals surface area contributed by atoms with E-state index >= 15 is 0 Å². The molecule has 0 aliphatic rings. The summed E-state index contributed by atoms with van der Waals surface area (Å²) in [5.74, 6) is 0.355. The van der Waals surface area contributed by atoms with Crippen molar-refractivity contribution in [2.75, 3.05) is 6.61 Å². The normalized spacial score (nSPS) is 11.0. The number of ether oxygens (including phenoxy) is 1. The summed E-state index contributed by atoms with van der Waals surface area (Å²) < 4.78 is 9.48. The van der Waals surface area contributed by atoms with Crippen LogP contribution in [0.25, 0.3) is 27.8 Å². The summed E-state index contributed by atoms with van der Waals surface area (Å²) in [6.45, 7) is 4.87. The molecule has 0 unspecified atom stereocenters. The lowest BCUT2D eigenvalue weighted by Gasteiger charge is -2.14. The number of hydrogen-bond donors (Lipinski definition) is 0. The number of aryl methyl sites for hydroxylation is 1. The average Bonchev–Trinajstić information content (AvgIpc) is 3.04. The van der Waals surface area contributed by atoms with E-state index in [9.17, 15) is 10.1 Å². The van der Waals surface area contributed by atoms with Crippen LogP contribution in [0.5, 0.6) is 5.75 Å². The quantitative estimate of drug-likeness (QED) is 0.550. The third kappa shape index (κ3) is 2.42. The highest BCUT2D eigenvalue weighted by atomic mass is 16.5. The van der Waals surface area contributed by atoms with Crippen LogP contribution in [0.15, 0.2) is 59.4 Å². The fraction of sp³-hybridized carbons (Fsp3) is 0.182. The van der Waals surface area contributed by atoms with Crippen LogP contribution in [-0.2, 0) is 6.54 Å². The first kappa shape index (κ1) is 16.9. The Labute approximate surface area is 156 Å². The number of nitriles is 1. The summed E-state index contributed by atoms with van der Waals surface area (Å²) in [6.07, 6.45) is 0. The molecular weight excluding hydrogens is 338 g/mol. The van der Waals surface area contributed by atoms with Crippen molar-refractivity contribution >= 4 is 16.7 Å². The molecule has 134 valence electrons. The minimum absolute atomic E-state index is 0.179. The van der Waals surface area contributed by atoms with Gasteiger partial charge >= 0.3 is 0 Å². The van der Waals surface area contributed by atoms with E-state index in [1.165, 1.54) is 0 Å². The molecule has 0 amide bonds. The smallest absolute Gasteiger partial charge is 0.268 e. The van der Waals surface area contributed by atoms with Gasteiger partial charge in [-0.1, -0.05) is 42.5 Å². The highest BCUT2D eigenvalue weighted by Crippen LogP contribution is 2.35. The minimum atomic E-state index is -0.179. The molecule has 0 atom stereocenters. The van der Waals surface area contributed by atoms with E-state index in [2.05, 4.69) is 6.07 Å². The Morgan fingerprint density at radius 2 is 1.67 bits per heavy atom. The Kier molecular flexibility index (Phi) is 4.17. The van der Waals surface area contributed by atoms with Gasteiger partial charge in [0, 0.05) is 6.54 Å². The molecule has 0 saturated carbocycles. The van der Waals surface area contributed by atoms with Gasteiger partial charge in [-0.2, -0.15) is 5.26 Å². The summed E-state index contributed by atoms with van der Waals surface area (Å²) in [5, 5.41) is 9.99. The molecule has 2 aromatic carbocycles. The van der Waals surface area contributed by atoms with E-state index in [-0.39, 0.29) is 5.56 Å². The molecule has 0 aliphatic heterocycles. The predicted octanol–water partition coefficient (Wildman–Crippen LogP) is 4.21. The third-order valence-electron chi connectivity index (χ3n) is 4.75. The minimum Gasteiger partial charge on any atom is -0.491 e. The van der Waals surface area contributed by atoms with E-state index in [1.807, 2.05) is 73.0 Å². The zero-order chi connectivity index (χ0) is 19.0. The molecule has 27 heavy (non-hydrogen) atoms. The number of rotatable bonds is 4. The van der Waals surface area contributed by atoms with Crippen LogP contribution in [-0.4, -0.2) is 15.6 Å². The van der Waals surface area contributed by atoms with Crippen LogP contribution in [0.3, 0.4) is 0 Å². The lowest BCUT2D eigenvalue weighted by molar-refractivity contribution is 0.340. The number of aromatic nitrogens is 2. The highest BCUT2D eigenvalue weighted by Gasteiger charge is 2.25. The third-order valence-corrected chi connectivity index (χ3v) is 4.75. The highest BCUT2D eigenvalue weighted by molar-refractivity contribution is 5.88. The summed E-state index contributed by atoms with van der Waals surface area (Å²) in [5.41, 5.74) is 3.65. The number of benzene rings is 2. The molecule has 0 saturated heterocycles. The van der Waals surface area contributed by atoms with Crippen LogP contribution in [0.4, 0.5) is 0 Å². The van der Waals surface area contributed by atoms with Gasteiger partial charge in [0.1, 0.15) is 17.3 Å². The second-order valence-corrected chi connectivity index (χ2v) is 6.19. The maximum Gasteiger partial charge on any atom is 0.268 e. The van der Waals surface area contributed by atoms with Crippen LogP contribution in [0, 0.1) is 11.3 Å². The zero-order valence-electron chi connectivity index (χ0n) is 15.3. The van der Waals surface area contributed by atoms with Crippen LogP contribution >= 0.6 is 0 Å². The molecule has 0 aliphatic carbocycles. The van der Waals surface area contributed by atoms with Crippen molar-refractivity contribution in [2.45, 2.75) is 20.4 Å². The first-order chi connectivity index (χ1) is 13.2. The van der Waals surface area contributed by atoms with Crippen LogP contribution < -0.4 is 10.3 Å². The first-order valence-corrected chi connectivity index (χ1v) is 9.01. The maximum atomic E-state index is 13.6. The topological polar surface area (TPSA) is 59.4 Å². The number of nitrogens with zero attached hydrogens (tertiary/aromatic N) is 3. The lowest BCUT2D eigenvalue weighted by atomic mass is 10.0. The largest absolute Gasteiger partial charge is 0.491 e. The molecule has 4 aromatic rings. The fourth-order valence-electron chi connectivity index (χ4n) is 3.69.